The van der Waals surface area contributed by atoms with Crippen molar-refractivity contribution in [1.29, 1.82) is 0 Å². The quantitative estimate of drug-likeness (QED) is 0.476. The fraction of sp³-hybridized carbons (Fsp3) is 1.00. The Morgan fingerprint density at radius 1 is 0.900 bits per heavy atom. The van der Waals surface area contributed by atoms with Crippen molar-refractivity contribution in [2.75, 3.05) is 13.2 Å². The first-order chi connectivity index (χ1) is 4.86. The number of epoxide rings is 2. The molecule has 2 heterocycles. The summed E-state index contributed by atoms with van der Waals surface area (Å²) in [6.07, 6.45) is 0.00685. The first kappa shape index (κ1) is 6.54. The van der Waals surface area contributed by atoms with Gasteiger partial charge >= 0.3 is 0 Å². The Bertz CT molecular complexity index is 122. The summed E-state index contributed by atoms with van der Waals surface area (Å²) >= 11 is 0. The van der Waals surface area contributed by atoms with Crippen molar-refractivity contribution in [3.63, 3.8) is 0 Å². The summed E-state index contributed by atoms with van der Waals surface area (Å²) < 4.78 is 10.1. The summed E-state index contributed by atoms with van der Waals surface area (Å²) in [7, 11) is 0. The minimum atomic E-state index is -0.0402. The molecule has 2 aliphatic heterocycles. The first-order valence-corrected chi connectivity index (χ1v) is 3.39. The molecule has 2 N–H and O–H groups in total. The van der Waals surface area contributed by atoms with Crippen LogP contribution in [0.4, 0.5) is 0 Å². The minimum Gasteiger partial charge on any atom is -0.394 e. The molecule has 2 fully saturated rings. The van der Waals surface area contributed by atoms with Crippen LogP contribution in [0.3, 0.4) is 0 Å². The predicted octanol–water partition coefficient (Wildman–Crippen LogP) is -1.49. The van der Waals surface area contributed by atoms with Gasteiger partial charge in [0.15, 0.2) is 0 Å². The molecule has 58 valence electrons. The Balaban J connectivity index is 1.74. The monoisotopic (exact) mass is 146 g/mol. The molecule has 0 bridgehead atoms. The highest BCUT2D eigenvalue weighted by molar-refractivity contribution is 5.02. The van der Waals surface area contributed by atoms with Gasteiger partial charge < -0.3 is 19.7 Å². The van der Waals surface area contributed by atoms with Crippen molar-refractivity contribution >= 4 is 0 Å². The van der Waals surface area contributed by atoms with Gasteiger partial charge in [0, 0.05) is 0 Å². The molecule has 10 heavy (non-hydrogen) atoms. The second-order valence-electron chi connectivity index (χ2n) is 2.64. The molecule has 0 aromatic carbocycles. The van der Waals surface area contributed by atoms with Gasteiger partial charge in [-0.2, -0.15) is 0 Å². The van der Waals surface area contributed by atoms with Gasteiger partial charge in [-0.1, -0.05) is 0 Å². The fourth-order valence-corrected chi connectivity index (χ4v) is 1.18. The molecule has 0 aromatic heterocycles. The summed E-state index contributed by atoms with van der Waals surface area (Å²) in [5.41, 5.74) is 0. The molecule has 0 aliphatic carbocycles. The molecule has 0 spiro atoms. The van der Waals surface area contributed by atoms with Gasteiger partial charge in [0.25, 0.3) is 0 Å². The molecule has 4 atom stereocenters. The highest BCUT2D eigenvalue weighted by Gasteiger charge is 2.56. The van der Waals surface area contributed by atoms with Gasteiger partial charge in [0.2, 0.25) is 0 Å². The molecule has 2 saturated heterocycles. The van der Waals surface area contributed by atoms with Crippen LogP contribution in [0, 0.1) is 0 Å². The highest BCUT2D eigenvalue weighted by Crippen LogP contribution is 2.37. The summed E-state index contributed by atoms with van der Waals surface area (Å²) in [5.74, 6) is 0. The van der Waals surface area contributed by atoms with Gasteiger partial charge in [-0.05, 0) is 0 Å². The van der Waals surface area contributed by atoms with E-state index in [1.807, 2.05) is 0 Å². The molecular formula is C6H10O4. The second-order valence-corrected chi connectivity index (χ2v) is 2.64. The zero-order chi connectivity index (χ0) is 7.14. The third-order valence-electron chi connectivity index (χ3n) is 1.93. The maximum absolute atomic E-state index is 8.57. The van der Waals surface area contributed by atoms with Crippen LogP contribution in [0.15, 0.2) is 0 Å². The Hall–Kier alpha value is -0.160. The predicted molar refractivity (Wildman–Crippen MR) is 31.5 cm³/mol. The Labute approximate surface area is 58.4 Å². The summed E-state index contributed by atoms with van der Waals surface area (Å²) in [6.45, 7) is 0.116. The van der Waals surface area contributed by atoms with Crippen molar-refractivity contribution < 1.29 is 19.7 Å². The largest absolute Gasteiger partial charge is 0.394 e. The van der Waals surface area contributed by atoms with E-state index in [0.717, 1.165) is 0 Å². The third-order valence-corrected chi connectivity index (χ3v) is 1.93. The molecule has 2 rings (SSSR count). The van der Waals surface area contributed by atoms with Crippen LogP contribution in [-0.2, 0) is 9.47 Å². The van der Waals surface area contributed by atoms with Crippen LogP contribution in [0.1, 0.15) is 0 Å². The average molecular weight is 146 g/mol. The van der Waals surface area contributed by atoms with E-state index < -0.39 is 0 Å². The van der Waals surface area contributed by atoms with Gasteiger partial charge in [0.05, 0.1) is 13.2 Å². The van der Waals surface area contributed by atoms with Crippen molar-refractivity contribution in [3.05, 3.63) is 0 Å². The lowest BCUT2D eigenvalue weighted by molar-refractivity contribution is 0.235. The van der Waals surface area contributed by atoms with Crippen LogP contribution in [0.5, 0.6) is 0 Å². The number of rotatable bonds is 3. The van der Waals surface area contributed by atoms with E-state index in [0.29, 0.717) is 0 Å². The molecule has 0 aromatic rings. The SMILES string of the molecule is OC[C@@H]1O[C@H]1[C@H]1O[C@@H]1CO. The standard InChI is InChI=1S/C6H10O4/c7-1-3-5(9-3)6-4(2-8)10-6/h3-8H,1-2H2/t3-,4+,5+,6-. The lowest BCUT2D eigenvalue weighted by Gasteiger charge is -1.82. The van der Waals surface area contributed by atoms with Gasteiger partial charge in [-0.25, -0.2) is 0 Å². The molecule has 4 nitrogen and oxygen atoms in total. The average Bonchev–Trinajstić information content (AvgIpc) is 2.83. The summed E-state index contributed by atoms with van der Waals surface area (Å²) in [4.78, 5) is 0. The van der Waals surface area contributed by atoms with Crippen LogP contribution < -0.4 is 0 Å². The fourth-order valence-electron chi connectivity index (χ4n) is 1.18. The van der Waals surface area contributed by atoms with E-state index in [1.165, 1.54) is 0 Å². The number of ether oxygens (including phenoxy) is 2. The molecule has 0 unspecified atom stereocenters. The van der Waals surface area contributed by atoms with E-state index in [-0.39, 0.29) is 37.6 Å². The van der Waals surface area contributed by atoms with Crippen LogP contribution >= 0.6 is 0 Å². The summed E-state index contributed by atoms with van der Waals surface area (Å²) in [6, 6.07) is 0. The molecule has 0 saturated carbocycles. The van der Waals surface area contributed by atoms with E-state index in [1.54, 1.807) is 0 Å². The second kappa shape index (κ2) is 2.17. The topological polar surface area (TPSA) is 65.5 Å². The zero-order valence-corrected chi connectivity index (χ0v) is 5.43. The van der Waals surface area contributed by atoms with Crippen LogP contribution in [0.2, 0.25) is 0 Å². The zero-order valence-electron chi connectivity index (χ0n) is 5.43. The smallest absolute Gasteiger partial charge is 0.115 e. The summed E-state index contributed by atoms with van der Waals surface area (Å²) in [5, 5.41) is 17.1. The maximum atomic E-state index is 8.57. The normalized spacial score (nSPS) is 51.0. The van der Waals surface area contributed by atoms with Crippen LogP contribution in [-0.4, -0.2) is 47.8 Å². The minimum absolute atomic E-state index is 0.0402. The lowest BCUT2D eigenvalue weighted by Crippen LogP contribution is -2.09. The third kappa shape index (κ3) is 0.932. The molecule has 2 aliphatic rings. The lowest BCUT2D eigenvalue weighted by atomic mass is 10.2. The molecular weight excluding hydrogens is 136 g/mol. The Morgan fingerprint density at radius 3 is 1.50 bits per heavy atom. The van der Waals surface area contributed by atoms with E-state index >= 15 is 0 Å². The molecule has 0 radical (unpaired) electrons. The number of hydrogen-bond acceptors (Lipinski definition) is 4. The van der Waals surface area contributed by atoms with E-state index in [9.17, 15) is 0 Å². The first-order valence-electron chi connectivity index (χ1n) is 3.39. The molecule has 0 amide bonds. The van der Waals surface area contributed by atoms with Crippen LogP contribution in [0.25, 0.3) is 0 Å². The Kier molecular flexibility index (Phi) is 1.42. The highest BCUT2D eigenvalue weighted by atomic mass is 16.7. The Morgan fingerprint density at radius 2 is 1.30 bits per heavy atom. The van der Waals surface area contributed by atoms with Crippen molar-refractivity contribution in [2.45, 2.75) is 24.4 Å². The van der Waals surface area contributed by atoms with Crippen molar-refractivity contribution in [2.24, 2.45) is 0 Å². The van der Waals surface area contributed by atoms with Crippen molar-refractivity contribution in [1.82, 2.24) is 0 Å². The number of aliphatic hydroxyl groups is 2. The molecule has 4 heteroatoms. The van der Waals surface area contributed by atoms with Crippen molar-refractivity contribution in [3.8, 4) is 0 Å². The maximum Gasteiger partial charge on any atom is 0.115 e. The van der Waals surface area contributed by atoms with E-state index in [4.69, 9.17) is 19.7 Å². The number of hydrogen-bond donors (Lipinski definition) is 2. The number of aliphatic hydroxyl groups excluding tert-OH is 2. The van der Waals surface area contributed by atoms with Gasteiger partial charge in [0.1, 0.15) is 24.4 Å². The van der Waals surface area contributed by atoms with Gasteiger partial charge in [-0.3, -0.25) is 0 Å². The van der Waals surface area contributed by atoms with Gasteiger partial charge in [-0.15, -0.1) is 0 Å². The van der Waals surface area contributed by atoms with E-state index in [2.05, 4.69) is 0 Å².